The first-order valence-corrected chi connectivity index (χ1v) is 9.85. The molecule has 3 unspecified atom stereocenters. The summed E-state index contributed by atoms with van der Waals surface area (Å²) < 4.78 is 0. The lowest BCUT2D eigenvalue weighted by atomic mass is 9.46. The number of carbonyl (C=O) groups is 1. The molecule has 4 aliphatic carbocycles. The Morgan fingerprint density at radius 2 is 1.79 bits per heavy atom. The van der Waals surface area contributed by atoms with E-state index in [9.17, 15) is 15.0 Å². The Hall–Kier alpha value is -0.670. The van der Waals surface area contributed by atoms with E-state index < -0.39 is 5.60 Å². The molecular formula is C21H32O3. The van der Waals surface area contributed by atoms with E-state index in [0.717, 1.165) is 44.9 Å². The smallest absolute Gasteiger partial charge is 0.161 e. The zero-order valence-electron chi connectivity index (χ0n) is 15.3. The van der Waals surface area contributed by atoms with Crippen LogP contribution in [0, 0.1) is 28.6 Å². The minimum Gasteiger partial charge on any atom is -0.389 e. The minimum absolute atomic E-state index is 0.0330. The highest BCUT2D eigenvalue weighted by Crippen LogP contribution is 2.67. The molecule has 0 radical (unpaired) electrons. The summed E-state index contributed by atoms with van der Waals surface area (Å²) in [5, 5.41) is 21.2. The number of Topliss-reactive ketones (excluding diaryl/α,β-unsaturated/α-hetero) is 1. The maximum absolute atomic E-state index is 12.2. The van der Waals surface area contributed by atoms with Crippen molar-refractivity contribution in [3.05, 3.63) is 11.6 Å². The van der Waals surface area contributed by atoms with Crippen molar-refractivity contribution >= 4 is 5.78 Å². The van der Waals surface area contributed by atoms with E-state index in [0.29, 0.717) is 24.2 Å². The Morgan fingerprint density at radius 1 is 1.08 bits per heavy atom. The molecule has 4 aliphatic rings. The first kappa shape index (κ1) is 16.8. The molecule has 0 heterocycles. The van der Waals surface area contributed by atoms with Gasteiger partial charge in [0.1, 0.15) is 5.60 Å². The van der Waals surface area contributed by atoms with Crippen molar-refractivity contribution in [3.63, 3.8) is 0 Å². The maximum atomic E-state index is 12.2. The predicted octanol–water partition coefficient (Wildman–Crippen LogP) is 3.63. The van der Waals surface area contributed by atoms with Gasteiger partial charge in [0.05, 0.1) is 6.10 Å². The van der Waals surface area contributed by atoms with E-state index in [1.807, 2.05) is 0 Å². The van der Waals surface area contributed by atoms with E-state index in [1.54, 1.807) is 6.92 Å². The normalized spacial score (nSPS) is 53.6. The fraction of sp³-hybridized carbons (Fsp3) is 0.857. The number of ketones is 1. The van der Waals surface area contributed by atoms with Gasteiger partial charge in [-0.3, -0.25) is 4.79 Å². The molecule has 0 aliphatic heterocycles. The molecule has 0 spiro atoms. The molecule has 4 rings (SSSR count). The summed E-state index contributed by atoms with van der Waals surface area (Å²) in [6.45, 7) is 6.17. The standard InChI is InChI=1S/C21H32O3/c1-13(22)21(24)11-8-18-16-5-4-14-12-15(23)6-9-19(14,2)17(16)7-10-20(18,21)3/h12,15-18,23-24H,4-11H2,1-3H3/t15-,16?,17?,18?,19-,20-,21-/m0/s1. The van der Waals surface area contributed by atoms with Crippen LogP contribution in [0.15, 0.2) is 11.6 Å². The Bertz CT molecular complexity index is 596. The van der Waals surface area contributed by atoms with Crippen LogP contribution in [-0.4, -0.2) is 27.7 Å². The summed E-state index contributed by atoms with van der Waals surface area (Å²) in [6.07, 6.45) is 9.78. The van der Waals surface area contributed by atoms with Crippen molar-refractivity contribution in [1.29, 1.82) is 0 Å². The van der Waals surface area contributed by atoms with Gasteiger partial charge in [-0.05, 0) is 81.5 Å². The van der Waals surface area contributed by atoms with Gasteiger partial charge < -0.3 is 10.2 Å². The van der Waals surface area contributed by atoms with Crippen LogP contribution in [0.3, 0.4) is 0 Å². The van der Waals surface area contributed by atoms with Crippen LogP contribution in [0.5, 0.6) is 0 Å². The van der Waals surface area contributed by atoms with Crippen molar-refractivity contribution in [1.82, 2.24) is 0 Å². The molecule has 0 aromatic heterocycles. The topological polar surface area (TPSA) is 57.5 Å². The van der Waals surface area contributed by atoms with Crippen LogP contribution >= 0.6 is 0 Å². The first-order chi connectivity index (χ1) is 11.2. The summed E-state index contributed by atoms with van der Waals surface area (Å²) in [5.41, 5.74) is 0.347. The van der Waals surface area contributed by atoms with Gasteiger partial charge in [-0.2, -0.15) is 0 Å². The Balaban J connectivity index is 1.69. The largest absolute Gasteiger partial charge is 0.389 e. The third-order valence-corrected chi connectivity index (χ3v) is 8.82. The number of hydrogen-bond donors (Lipinski definition) is 2. The second-order valence-corrected chi connectivity index (χ2v) is 9.54. The van der Waals surface area contributed by atoms with E-state index in [4.69, 9.17) is 0 Å². The Morgan fingerprint density at radius 3 is 2.50 bits per heavy atom. The van der Waals surface area contributed by atoms with E-state index >= 15 is 0 Å². The molecule has 0 aromatic carbocycles. The lowest BCUT2D eigenvalue weighted by Gasteiger charge is -2.59. The molecule has 24 heavy (non-hydrogen) atoms. The number of fused-ring (bicyclic) bond motifs is 5. The first-order valence-electron chi connectivity index (χ1n) is 9.85. The number of carbonyl (C=O) groups excluding carboxylic acids is 1. The van der Waals surface area contributed by atoms with Crippen molar-refractivity contribution in [2.24, 2.45) is 28.6 Å². The summed E-state index contributed by atoms with van der Waals surface area (Å²) in [7, 11) is 0. The highest BCUT2D eigenvalue weighted by atomic mass is 16.3. The van der Waals surface area contributed by atoms with Crippen LogP contribution < -0.4 is 0 Å². The molecule has 3 nitrogen and oxygen atoms in total. The summed E-state index contributed by atoms with van der Waals surface area (Å²) in [4.78, 5) is 12.2. The fourth-order valence-electron chi connectivity index (χ4n) is 7.30. The number of aliphatic hydroxyl groups is 2. The third-order valence-electron chi connectivity index (χ3n) is 8.82. The van der Waals surface area contributed by atoms with Crippen molar-refractivity contribution in [2.45, 2.75) is 83.8 Å². The van der Waals surface area contributed by atoms with Gasteiger partial charge in [-0.1, -0.05) is 25.5 Å². The SMILES string of the molecule is CC(=O)[C@@]1(O)CCC2C3CCC4=C[C@@H](O)CC[C@]4(C)C3CC[C@@]21C. The van der Waals surface area contributed by atoms with Crippen LogP contribution in [0.25, 0.3) is 0 Å². The fourth-order valence-corrected chi connectivity index (χ4v) is 7.30. The van der Waals surface area contributed by atoms with Crippen LogP contribution in [0.4, 0.5) is 0 Å². The second-order valence-electron chi connectivity index (χ2n) is 9.54. The van der Waals surface area contributed by atoms with Gasteiger partial charge in [0, 0.05) is 5.41 Å². The zero-order chi connectivity index (χ0) is 17.3. The molecule has 134 valence electrons. The van der Waals surface area contributed by atoms with Crippen LogP contribution in [-0.2, 0) is 4.79 Å². The van der Waals surface area contributed by atoms with E-state index in [-0.39, 0.29) is 22.7 Å². The maximum Gasteiger partial charge on any atom is 0.161 e. The molecular weight excluding hydrogens is 300 g/mol. The van der Waals surface area contributed by atoms with E-state index in [2.05, 4.69) is 19.9 Å². The van der Waals surface area contributed by atoms with Gasteiger partial charge in [0.25, 0.3) is 0 Å². The Labute approximate surface area is 145 Å². The van der Waals surface area contributed by atoms with Crippen molar-refractivity contribution in [3.8, 4) is 0 Å². The van der Waals surface area contributed by atoms with Crippen LogP contribution in [0.1, 0.15) is 72.1 Å². The van der Waals surface area contributed by atoms with Crippen molar-refractivity contribution < 1.29 is 15.0 Å². The molecule has 0 bridgehead atoms. The molecule has 0 aromatic rings. The van der Waals surface area contributed by atoms with Gasteiger partial charge >= 0.3 is 0 Å². The number of aliphatic hydroxyl groups excluding tert-OH is 1. The van der Waals surface area contributed by atoms with Gasteiger partial charge in [-0.25, -0.2) is 0 Å². The molecule has 0 amide bonds. The summed E-state index contributed by atoms with van der Waals surface area (Å²) >= 11 is 0. The summed E-state index contributed by atoms with van der Waals surface area (Å²) in [5.74, 6) is 1.71. The van der Waals surface area contributed by atoms with Gasteiger partial charge in [0.15, 0.2) is 5.78 Å². The summed E-state index contributed by atoms with van der Waals surface area (Å²) in [6, 6.07) is 0. The number of allylic oxidation sites excluding steroid dienone is 1. The lowest BCUT2D eigenvalue weighted by Crippen LogP contribution is -2.57. The zero-order valence-corrected chi connectivity index (χ0v) is 15.3. The molecule has 0 saturated heterocycles. The number of rotatable bonds is 1. The highest BCUT2D eigenvalue weighted by molar-refractivity contribution is 5.86. The Kier molecular flexibility index (Phi) is 3.61. The molecule has 2 N–H and O–H groups in total. The highest BCUT2D eigenvalue weighted by Gasteiger charge is 2.65. The average molecular weight is 332 g/mol. The van der Waals surface area contributed by atoms with Crippen LogP contribution in [0.2, 0.25) is 0 Å². The average Bonchev–Trinajstić information content (AvgIpc) is 2.81. The molecule has 3 heteroatoms. The molecule has 7 atom stereocenters. The second kappa shape index (κ2) is 5.17. The quantitative estimate of drug-likeness (QED) is 0.721. The molecule has 3 saturated carbocycles. The monoisotopic (exact) mass is 332 g/mol. The predicted molar refractivity (Wildman–Crippen MR) is 93.3 cm³/mol. The van der Waals surface area contributed by atoms with Crippen molar-refractivity contribution in [2.75, 3.05) is 0 Å². The van der Waals surface area contributed by atoms with Gasteiger partial charge in [0.2, 0.25) is 0 Å². The molecule has 3 fully saturated rings. The number of hydrogen-bond acceptors (Lipinski definition) is 3. The third kappa shape index (κ3) is 1.94. The minimum atomic E-state index is -1.11. The van der Waals surface area contributed by atoms with Gasteiger partial charge in [-0.15, -0.1) is 0 Å². The lowest BCUT2D eigenvalue weighted by molar-refractivity contribution is -0.160. The van der Waals surface area contributed by atoms with E-state index in [1.165, 1.54) is 5.57 Å².